The van der Waals surface area contributed by atoms with Crippen LogP contribution in [-0.4, -0.2) is 53.3 Å². The van der Waals surface area contributed by atoms with Gasteiger partial charge in [0.25, 0.3) is 5.91 Å². The Morgan fingerprint density at radius 3 is 2.34 bits per heavy atom. The smallest absolute Gasteiger partial charge is 0.254 e. The van der Waals surface area contributed by atoms with Crippen LogP contribution in [0.2, 0.25) is 10.0 Å². The number of methoxy groups -OCH3 is 1. The van der Waals surface area contributed by atoms with Crippen molar-refractivity contribution in [3.63, 3.8) is 0 Å². The maximum absolute atomic E-state index is 13.1. The number of anilines is 1. The lowest BCUT2D eigenvalue weighted by Gasteiger charge is -2.22. The highest BCUT2D eigenvalue weighted by molar-refractivity contribution is 6.42. The Morgan fingerprint density at radius 1 is 1.06 bits per heavy atom. The summed E-state index contributed by atoms with van der Waals surface area (Å²) in [5, 5.41) is 8.41. The van der Waals surface area contributed by atoms with Gasteiger partial charge in [-0.05, 0) is 37.3 Å². The first-order valence-corrected chi connectivity index (χ1v) is 12.0. The number of ether oxygens (including phenoxy) is 1. The molecule has 0 fully saturated rings. The summed E-state index contributed by atoms with van der Waals surface area (Å²) in [7, 11) is 1.55. The van der Waals surface area contributed by atoms with Crippen LogP contribution in [-0.2, 0) is 14.9 Å². The van der Waals surface area contributed by atoms with Crippen molar-refractivity contribution in [2.45, 2.75) is 33.1 Å². The van der Waals surface area contributed by atoms with Gasteiger partial charge in [-0.3, -0.25) is 9.59 Å². The van der Waals surface area contributed by atoms with E-state index in [9.17, 15) is 9.59 Å². The molecule has 0 saturated carbocycles. The van der Waals surface area contributed by atoms with E-state index in [-0.39, 0.29) is 30.3 Å². The second-order valence-electron chi connectivity index (χ2n) is 9.31. The van der Waals surface area contributed by atoms with Crippen LogP contribution in [0, 0.1) is 6.92 Å². The molecule has 35 heavy (non-hydrogen) atoms. The zero-order valence-corrected chi connectivity index (χ0v) is 22.1. The van der Waals surface area contributed by atoms with Gasteiger partial charge in [0.1, 0.15) is 12.4 Å². The van der Waals surface area contributed by atoms with Crippen molar-refractivity contribution in [1.82, 2.24) is 14.7 Å². The molecule has 1 N–H and O–H groups in total. The average molecular weight is 517 g/mol. The molecule has 0 bridgehead atoms. The van der Waals surface area contributed by atoms with Gasteiger partial charge in [-0.1, -0.05) is 61.7 Å². The molecule has 3 rings (SSSR count). The van der Waals surface area contributed by atoms with Gasteiger partial charge in [-0.15, -0.1) is 0 Å². The van der Waals surface area contributed by atoms with E-state index in [4.69, 9.17) is 33.0 Å². The number of hydrogen-bond acceptors (Lipinski definition) is 4. The normalized spacial score (nSPS) is 11.4. The molecule has 0 aliphatic carbocycles. The molecular formula is C26H30Cl2N4O3. The molecule has 0 saturated heterocycles. The van der Waals surface area contributed by atoms with Gasteiger partial charge in [0.05, 0.1) is 28.0 Å². The second-order valence-corrected chi connectivity index (χ2v) is 10.1. The van der Waals surface area contributed by atoms with E-state index in [1.807, 2.05) is 45.9 Å². The molecule has 0 unspecified atom stereocenters. The Hall–Kier alpha value is -2.87. The minimum Gasteiger partial charge on any atom is -0.383 e. The zero-order chi connectivity index (χ0) is 25.8. The van der Waals surface area contributed by atoms with Crippen molar-refractivity contribution in [2.75, 3.05) is 32.1 Å². The molecule has 186 valence electrons. The third-order valence-electron chi connectivity index (χ3n) is 5.38. The standard InChI is InChI=1S/C26H30Cl2N4O3/c1-17-6-8-18(9-7-17)25(34)31(12-13-35-5)16-24(33)29-23-15-22(26(2,3)4)30-32(23)19-10-11-20(27)21(28)14-19/h6-11,14-15H,12-13,16H2,1-5H3,(H,29,33). The number of carbonyl (C=O) groups excluding carboxylic acids is 2. The van der Waals surface area contributed by atoms with Gasteiger partial charge in [-0.25, -0.2) is 4.68 Å². The maximum Gasteiger partial charge on any atom is 0.254 e. The van der Waals surface area contributed by atoms with E-state index in [1.165, 1.54) is 4.90 Å². The molecule has 0 atom stereocenters. The first-order chi connectivity index (χ1) is 16.5. The summed E-state index contributed by atoms with van der Waals surface area (Å²) in [4.78, 5) is 27.7. The quantitative estimate of drug-likeness (QED) is 0.428. The molecule has 0 spiro atoms. The average Bonchev–Trinajstić information content (AvgIpc) is 3.22. The van der Waals surface area contributed by atoms with Crippen molar-refractivity contribution in [2.24, 2.45) is 0 Å². The zero-order valence-electron chi connectivity index (χ0n) is 20.6. The Morgan fingerprint density at radius 2 is 1.74 bits per heavy atom. The van der Waals surface area contributed by atoms with Gasteiger partial charge in [0.2, 0.25) is 5.91 Å². The molecule has 0 aliphatic heterocycles. The Kier molecular flexibility index (Phi) is 8.59. The minimum absolute atomic E-state index is 0.145. The number of nitrogens with zero attached hydrogens (tertiary/aromatic N) is 3. The van der Waals surface area contributed by atoms with Crippen LogP contribution in [0.1, 0.15) is 42.4 Å². The number of hydrogen-bond donors (Lipinski definition) is 1. The summed E-state index contributed by atoms with van der Waals surface area (Å²) < 4.78 is 6.77. The first-order valence-electron chi connectivity index (χ1n) is 11.2. The lowest BCUT2D eigenvalue weighted by Crippen LogP contribution is -2.40. The number of benzene rings is 2. The molecule has 1 heterocycles. The van der Waals surface area contributed by atoms with Crippen molar-refractivity contribution in [3.05, 3.63) is 75.4 Å². The van der Waals surface area contributed by atoms with Crippen LogP contribution >= 0.6 is 23.2 Å². The highest BCUT2D eigenvalue weighted by Crippen LogP contribution is 2.29. The van der Waals surface area contributed by atoms with Gasteiger partial charge in [-0.2, -0.15) is 5.10 Å². The maximum atomic E-state index is 13.1. The molecule has 3 aromatic rings. The van der Waals surface area contributed by atoms with Crippen LogP contribution in [0.25, 0.3) is 5.69 Å². The molecule has 7 nitrogen and oxygen atoms in total. The van der Waals surface area contributed by atoms with Crippen LogP contribution < -0.4 is 5.32 Å². The molecule has 2 amide bonds. The van der Waals surface area contributed by atoms with Gasteiger partial charge in [0, 0.05) is 30.7 Å². The number of amides is 2. The summed E-state index contributed by atoms with van der Waals surface area (Å²) in [6, 6.07) is 14.2. The number of aryl methyl sites for hydroxylation is 1. The van der Waals surface area contributed by atoms with Crippen molar-refractivity contribution in [3.8, 4) is 5.69 Å². The SMILES string of the molecule is COCCN(CC(=O)Nc1cc(C(C)(C)C)nn1-c1ccc(Cl)c(Cl)c1)C(=O)c1ccc(C)cc1. The fraction of sp³-hybridized carbons (Fsp3) is 0.346. The van der Waals surface area contributed by atoms with Gasteiger partial charge in [0.15, 0.2) is 0 Å². The van der Waals surface area contributed by atoms with Crippen molar-refractivity contribution >= 4 is 40.8 Å². The number of nitrogens with one attached hydrogen (secondary N) is 1. The Labute approximate surface area is 216 Å². The summed E-state index contributed by atoms with van der Waals surface area (Å²) in [5.41, 5.74) is 2.73. The van der Waals surface area contributed by atoms with Crippen LogP contribution in [0.4, 0.5) is 5.82 Å². The predicted molar refractivity (Wildman–Crippen MR) is 140 cm³/mol. The van der Waals surface area contributed by atoms with Gasteiger partial charge >= 0.3 is 0 Å². The van der Waals surface area contributed by atoms with Crippen molar-refractivity contribution < 1.29 is 14.3 Å². The van der Waals surface area contributed by atoms with Crippen molar-refractivity contribution in [1.29, 1.82) is 0 Å². The molecule has 0 radical (unpaired) electrons. The molecule has 0 aliphatic rings. The van der Waals surface area contributed by atoms with E-state index < -0.39 is 0 Å². The number of aromatic nitrogens is 2. The Balaban J connectivity index is 1.87. The lowest BCUT2D eigenvalue weighted by molar-refractivity contribution is -0.117. The summed E-state index contributed by atoms with van der Waals surface area (Å²) in [5.74, 6) is -0.137. The second kappa shape index (κ2) is 11.2. The lowest BCUT2D eigenvalue weighted by atomic mass is 9.92. The summed E-state index contributed by atoms with van der Waals surface area (Å²) in [6.07, 6.45) is 0. The largest absolute Gasteiger partial charge is 0.383 e. The fourth-order valence-electron chi connectivity index (χ4n) is 3.34. The highest BCUT2D eigenvalue weighted by atomic mass is 35.5. The highest BCUT2D eigenvalue weighted by Gasteiger charge is 2.24. The predicted octanol–water partition coefficient (Wildman–Crippen LogP) is 5.51. The number of rotatable bonds is 8. The summed E-state index contributed by atoms with van der Waals surface area (Å²) in [6.45, 7) is 8.49. The molecule has 1 aromatic heterocycles. The number of halogens is 2. The van der Waals surface area contributed by atoms with E-state index in [0.29, 0.717) is 33.7 Å². The van der Waals surface area contributed by atoms with Crippen LogP contribution in [0.3, 0.4) is 0 Å². The third kappa shape index (κ3) is 6.84. The first kappa shape index (κ1) is 26.7. The fourth-order valence-corrected chi connectivity index (χ4v) is 3.63. The van der Waals surface area contributed by atoms with E-state index >= 15 is 0 Å². The van der Waals surface area contributed by atoms with Crippen LogP contribution in [0.5, 0.6) is 0 Å². The monoisotopic (exact) mass is 516 g/mol. The van der Waals surface area contributed by atoms with E-state index in [0.717, 1.165) is 11.3 Å². The molecule has 2 aromatic carbocycles. The Bertz CT molecular complexity index is 1200. The molecule has 9 heteroatoms. The third-order valence-corrected chi connectivity index (χ3v) is 6.12. The van der Waals surface area contributed by atoms with Gasteiger partial charge < -0.3 is 15.0 Å². The topological polar surface area (TPSA) is 76.5 Å². The van der Waals surface area contributed by atoms with E-state index in [2.05, 4.69) is 5.32 Å². The summed E-state index contributed by atoms with van der Waals surface area (Å²) >= 11 is 12.3. The molecular weight excluding hydrogens is 487 g/mol. The minimum atomic E-state index is -0.358. The van der Waals surface area contributed by atoms with E-state index in [1.54, 1.807) is 42.1 Å². The van der Waals surface area contributed by atoms with Crippen LogP contribution in [0.15, 0.2) is 48.5 Å². The number of carbonyl (C=O) groups is 2.